The number of nitrogen functional groups attached to an aromatic ring is 1. The Bertz CT molecular complexity index is 885. The van der Waals surface area contributed by atoms with Gasteiger partial charge in [0.15, 0.2) is 0 Å². The van der Waals surface area contributed by atoms with Crippen molar-refractivity contribution in [2.45, 2.75) is 13.0 Å². The highest BCUT2D eigenvalue weighted by Crippen LogP contribution is 2.23. The van der Waals surface area contributed by atoms with Gasteiger partial charge in [0.25, 0.3) is 0 Å². The summed E-state index contributed by atoms with van der Waals surface area (Å²) < 4.78 is 3.22. The van der Waals surface area contributed by atoms with Gasteiger partial charge in [0, 0.05) is 20.0 Å². The lowest BCUT2D eigenvalue weighted by atomic mass is 10.2. The Labute approximate surface area is 113 Å². The van der Waals surface area contributed by atoms with Crippen molar-refractivity contribution >= 4 is 33.9 Å². The number of nitrogens with one attached hydrogen (secondary N) is 1. The number of benzene rings is 1. The summed E-state index contributed by atoms with van der Waals surface area (Å²) >= 11 is 0. The Kier molecular flexibility index (Phi) is 2.53. The number of anilines is 1. The van der Waals surface area contributed by atoms with Gasteiger partial charge in [-0.25, -0.2) is 9.78 Å². The maximum absolute atomic E-state index is 11.6. The molecule has 1 aromatic carbocycles. The van der Waals surface area contributed by atoms with E-state index in [1.165, 1.54) is 4.57 Å². The molecule has 0 saturated carbocycles. The van der Waals surface area contributed by atoms with Gasteiger partial charge in [-0.2, -0.15) is 0 Å². The van der Waals surface area contributed by atoms with Gasteiger partial charge in [-0.3, -0.25) is 9.36 Å². The highest BCUT2D eigenvalue weighted by atomic mass is 16.1. The zero-order valence-corrected chi connectivity index (χ0v) is 10.9. The molecule has 2 heterocycles. The van der Waals surface area contributed by atoms with E-state index >= 15 is 0 Å². The van der Waals surface area contributed by atoms with Crippen LogP contribution < -0.4 is 17.2 Å². The number of carbonyl (C=O) groups excluding carboxylic acids is 1. The second-order valence-electron chi connectivity index (χ2n) is 4.69. The number of aromatic nitrogens is 4. The molecule has 0 unspecified atom stereocenters. The van der Waals surface area contributed by atoms with Crippen LogP contribution in [0.15, 0.2) is 16.9 Å². The van der Waals surface area contributed by atoms with Gasteiger partial charge < -0.3 is 21.0 Å². The van der Waals surface area contributed by atoms with E-state index in [1.807, 2.05) is 0 Å². The number of primary amides is 1. The summed E-state index contributed by atoms with van der Waals surface area (Å²) in [5.41, 5.74) is 13.7. The number of aromatic amines is 1. The number of hydrogen-bond acceptors (Lipinski definition) is 4. The van der Waals surface area contributed by atoms with Gasteiger partial charge in [-0.1, -0.05) is 0 Å². The zero-order chi connectivity index (χ0) is 14.4. The standard InChI is InChI=1S/C12H14N6O2/c1-17-8-4-7-9(5-6(8)16-12(17)20)18(11(14)15-7)3-2-10(13)19/h4-5H,2-3H2,1H3,(H2,13,19)(H2,14,15)(H,16,20). The van der Waals surface area contributed by atoms with Crippen LogP contribution in [-0.2, 0) is 18.4 Å². The van der Waals surface area contributed by atoms with E-state index < -0.39 is 5.91 Å². The molecule has 0 spiro atoms. The maximum Gasteiger partial charge on any atom is 0.326 e. The third-order valence-electron chi connectivity index (χ3n) is 3.38. The number of hydrogen-bond donors (Lipinski definition) is 3. The van der Waals surface area contributed by atoms with Gasteiger partial charge >= 0.3 is 5.69 Å². The largest absolute Gasteiger partial charge is 0.370 e. The van der Waals surface area contributed by atoms with Crippen molar-refractivity contribution in [1.82, 2.24) is 19.1 Å². The van der Waals surface area contributed by atoms with E-state index in [4.69, 9.17) is 11.5 Å². The number of rotatable bonds is 3. The molecule has 0 aliphatic rings. The Hall–Kier alpha value is -2.77. The second-order valence-corrected chi connectivity index (χ2v) is 4.69. The van der Waals surface area contributed by atoms with Crippen molar-refractivity contribution in [3.05, 3.63) is 22.6 Å². The molecule has 0 aliphatic carbocycles. The number of fused-ring (bicyclic) bond motifs is 2. The van der Waals surface area contributed by atoms with Crippen molar-refractivity contribution < 1.29 is 4.79 Å². The monoisotopic (exact) mass is 274 g/mol. The number of nitrogens with two attached hydrogens (primary N) is 2. The Morgan fingerprint density at radius 2 is 2.15 bits per heavy atom. The lowest BCUT2D eigenvalue weighted by Crippen LogP contribution is -2.14. The molecule has 20 heavy (non-hydrogen) atoms. The van der Waals surface area contributed by atoms with Crippen LogP contribution in [0.2, 0.25) is 0 Å². The van der Waals surface area contributed by atoms with Crippen molar-refractivity contribution in [3.63, 3.8) is 0 Å². The third kappa shape index (κ3) is 1.73. The smallest absolute Gasteiger partial charge is 0.326 e. The van der Waals surface area contributed by atoms with Gasteiger partial charge in [0.2, 0.25) is 11.9 Å². The predicted octanol–water partition coefficient (Wildman–Crippen LogP) is -0.326. The molecule has 0 saturated heterocycles. The normalized spacial score (nSPS) is 11.4. The molecule has 0 aliphatic heterocycles. The van der Waals surface area contributed by atoms with Gasteiger partial charge in [-0.05, 0) is 12.1 Å². The van der Waals surface area contributed by atoms with Crippen molar-refractivity contribution in [2.75, 3.05) is 5.73 Å². The van der Waals surface area contributed by atoms with E-state index in [1.54, 1.807) is 23.7 Å². The molecule has 0 atom stereocenters. The van der Waals surface area contributed by atoms with E-state index in [9.17, 15) is 9.59 Å². The van der Waals surface area contributed by atoms with E-state index in [-0.39, 0.29) is 12.1 Å². The minimum absolute atomic E-state index is 0.180. The number of imidazole rings is 2. The first kappa shape index (κ1) is 12.3. The SMILES string of the molecule is Cn1c(=O)[nH]c2cc3c(cc21)nc(N)n3CCC(N)=O. The fourth-order valence-corrected chi connectivity index (χ4v) is 2.32. The van der Waals surface area contributed by atoms with Crippen LogP contribution in [0.3, 0.4) is 0 Å². The van der Waals surface area contributed by atoms with E-state index in [0.29, 0.717) is 23.5 Å². The van der Waals surface area contributed by atoms with Crippen molar-refractivity contribution in [3.8, 4) is 0 Å². The third-order valence-corrected chi connectivity index (χ3v) is 3.38. The molecule has 104 valence electrons. The molecular weight excluding hydrogens is 260 g/mol. The molecule has 2 aromatic heterocycles. The van der Waals surface area contributed by atoms with Crippen LogP contribution >= 0.6 is 0 Å². The molecule has 8 nitrogen and oxygen atoms in total. The number of H-pyrrole nitrogens is 1. The number of nitrogens with zero attached hydrogens (tertiary/aromatic N) is 3. The first-order valence-corrected chi connectivity index (χ1v) is 6.10. The summed E-state index contributed by atoms with van der Waals surface area (Å²) in [5, 5.41) is 0. The molecular formula is C12H14N6O2. The van der Waals surface area contributed by atoms with Gasteiger partial charge in [0.05, 0.1) is 22.1 Å². The summed E-state index contributed by atoms with van der Waals surface area (Å²) in [6.07, 6.45) is 0.180. The molecule has 8 heteroatoms. The van der Waals surface area contributed by atoms with E-state index in [0.717, 1.165) is 11.0 Å². The Balaban J connectivity index is 2.23. The molecule has 5 N–H and O–H groups in total. The molecule has 0 fully saturated rings. The average molecular weight is 274 g/mol. The van der Waals surface area contributed by atoms with Crippen LogP contribution in [0.4, 0.5) is 5.95 Å². The first-order valence-electron chi connectivity index (χ1n) is 6.10. The summed E-state index contributed by atoms with van der Waals surface area (Å²) in [5.74, 6) is -0.0839. The Morgan fingerprint density at radius 3 is 2.85 bits per heavy atom. The van der Waals surface area contributed by atoms with E-state index in [2.05, 4.69) is 9.97 Å². The predicted molar refractivity (Wildman–Crippen MR) is 75.1 cm³/mol. The number of carbonyl (C=O) groups is 1. The summed E-state index contributed by atoms with van der Waals surface area (Å²) in [6.45, 7) is 0.361. The van der Waals surface area contributed by atoms with Crippen molar-refractivity contribution in [2.24, 2.45) is 12.8 Å². The van der Waals surface area contributed by atoms with Crippen LogP contribution in [0.25, 0.3) is 22.1 Å². The fraction of sp³-hybridized carbons (Fsp3) is 0.250. The highest BCUT2D eigenvalue weighted by Gasteiger charge is 2.12. The first-order chi connectivity index (χ1) is 9.47. The zero-order valence-electron chi connectivity index (χ0n) is 10.9. The topological polar surface area (TPSA) is 125 Å². The molecule has 1 amide bonds. The summed E-state index contributed by atoms with van der Waals surface area (Å²) in [7, 11) is 1.68. The van der Waals surface area contributed by atoms with Crippen molar-refractivity contribution in [1.29, 1.82) is 0 Å². The highest BCUT2D eigenvalue weighted by molar-refractivity contribution is 5.92. The average Bonchev–Trinajstić information content (AvgIpc) is 2.82. The maximum atomic E-state index is 11.6. The van der Waals surface area contributed by atoms with Crippen LogP contribution in [0.5, 0.6) is 0 Å². The number of aryl methyl sites for hydroxylation is 2. The van der Waals surface area contributed by atoms with Gasteiger partial charge in [-0.15, -0.1) is 0 Å². The molecule has 3 rings (SSSR count). The lowest BCUT2D eigenvalue weighted by molar-refractivity contribution is -0.118. The quantitative estimate of drug-likeness (QED) is 0.605. The second kappa shape index (κ2) is 4.12. The van der Waals surface area contributed by atoms with Gasteiger partial charge in [0.1, 0.15) is 0 Å². The molecule has 0 radical (unpaired) electrons. The summed E-state index contributed by atoms with van der Waals surface area (Å²) in [6, 6.07) is 3.59. The fourth-order valence-electron chi connectivity index (χ4n) is 2.32. The number of amides is 1. The summed E-state index contributed by atoms with van der Waals surface area (Å²) in [4.78, 5) is 29.5. The lowest BCUT2D eigenvalue weighted by Gasteiger charge is -2.04. The molecule has 3 aromatic rings. The van der Waals surface area contributed by atoms with Crippen LogP contribution in [0, 0.1) is 0 Å². The van der Waals surface area contributed by atoms with Crippen LogP contribution in [0.1, 0.15) is 6.42 Å². The molecule has 0 bridgehead atoms. The minimum Gasteiger partial charge on any atom is -0.370 e. The van der Waals surface area contributed by atoms with Crippen LogP contribution in [-0.4, -0.2) is 25.0 Å². The Morgan fingerprint density at radius 1 is 1.40 bits per heavy atom. The minimum atomic E-state index is -0.402.